The number of carboxylic acids is 1. The molecule has 0 saturated carbocycles. The molecule has 1 unspecified atom stereocenters. The highest BCUT2D eigenvalue weighted by Crippen LogP contribution is 2.17. The number of aromatic carboxylic acids is 1. The van der Waals surface area contributed by atoms with E-state index in [9.17, 15) is 4.79 Å². The van der Waals surface area contributed by atoms with Gasteiger partial charge in [0, 0.05) is 12.6 Å². The smallest absolute Gasteiger partial charge is 0.335 e. The summed E-state index contributed by atoms with van der Waals surface area (Å²) in [6, 6.07) is 7.92. The van der Waals surface area contributed by atoms with E-state index in [1.54, 1.807) is 12.1 Å². The fourth-order valence-corrected chi connectivity index (χ4v) is 2.03. The molecular weight excluding hydrogens is 202 g/mol. The van der Waals surface area contributed by atoms with Gasteiger partial charge in [-0.3, -0.25) is 0 Å². The number of nitrogens with zero attached hydrogens (tertiary/aromatic N) is 1. The van der Waals surface area contributed by atoms with E-state index in [1.165, 1.54) is 13.0 Å². The summed E-state index contributed by atoms with van der Waals surface area (Å²) in [4.78, 5) is 13.2. The van der Waals surface area contributed by atoms with Crippen LogP contribution >= 0.6 is 0 Å². The maximum Gasteiger partial charge on any atom is 0.335 e. The highest BCUT2D eigenvalue weighted by Gasteiger charge is 2.22. The summed E-state index contributed by atoms with van der Waals surface area (Å²) >= 11 is 0. The van der Waals surface area contributed by atoms with E-state index in [0.717, 1.165) is 18.5 Å². The van der Waals surface area contributed by atoms with Gasteiger partial charge in [0.1, 0.15) is 0 Å². The van der Waals surface area contributed by atoms with Crippen LogP contribution in [0.4, 0.5) is 0 Å². The van der Waals surface area contributed by atoms with Crippen LogP contribution in [0, 0.1) is 0 Å². The van der Waals surface area contributed by atoms with E-state index in [-0.39, 0.29) is 0 Å². The van der Waals surface area contributed by atoms with Crippen LogP contribution in [0.15, 0.2) is 24.3 Å². The Morgan fingerprint density at radius 3 is 2.94 bits per heavy atom. The molecule has 1 fully saturated rings. The molecule has 0 bridgehead atoms. The van der Waals surface area contributed by atoms with E-state index in [0.29, 0.717) is 11.6 Å². The number of hydrogen-bond donors (Lipinski definition) is 1. The number of benzene rings is 1. The largest absolute Gasteiger partial charge is 0.478 e. The van der Waals surface area contributed by atoms with Crippen LogP contribution in [0.1, 0.15) is 29.3 Å². The van der Waals surface area contributed by atoms with Crippen LogP contribution in [0.3, 0.4) is 0 Å². The van der Waals surface area contributed by atoms with Crippen molar-refractivity contribution in [2.45, 2.75) is 25.8 Å². The Balaban J connectivity index is 1.93. The summed E-state index contributed by atoms with van der Waals surface area (Å²) in [5, 5.41) is 8.88. The van der Waals surface area contributed by atoms with E-state index in [4.69, 9.17) is 5.11 Å². The van der Waals surface area contributed by atoms with Gasteiger partial charge in [0.25, 0.3) is 0 Å². The number of carbonyl (C=O) groups is 1. The van der Waals surface area contributed by atoms with E-state index in [1.807, 2.05) is 12.1 Å². The lowest BCUT2D eigenvalue weighted by molar-refractivity contribution is 0.0696. The van der Waals surface area contributed by atoms with Gasteiger partial charge in [0.05, 0.1) is 5.56 Å². The average molecular weight is 219 g/mol. The monoisotopic (exact) mass is 219 g/mol. The molecule has 0 spiro atoms. The van der Waals surface area contributed by atoms with Crippen LogP contribution in [0.2, 0.25) is 0 Å². The molecule has 0 radical (unpaired) electrons. The lowest BCUT2D eigenvalue weighted by Gasteiger charge is -2.38. The zero-order chi connectivity index (χ0) is 11.5. The Hall–Kier alpha value is -1.35. The predicted octanol–water partition coefficient (Wildman–Crippen LogP) is 2.02. The molecule has 0 amide bonds. The van der Waals surface area contributed by atoms with Crippen LogP contribution < -0.4 is 0 Å². The lowest BCUT2D eigenvalue weighted by Crippen LogP contribution is -2.46. The molecule has 1 atom stereocenters. The average Bonchev–Trinajstić information content (AvgIpc) is 2.27. The zero-order valence-electron chi connectivity index (χ0n) is 9.52. The van der Waals surface area contributed by atoms with Gasteiger partial charge in [-0.25, -0.2) is 4.79 Å². The van der Waals surface area contributed by atoms with Gasteiger partial charge in [-0.1, -0.05) is 12.1 Å². The molecule has 1 N–H and O–H groups in total. The van der Waals surface area contributed by atoms with E-state index in [2.05, 4.69) is 11.8 Å². The van der Waals surface area contributed by atoms with Crippen molar-refractivity contribution in [3.63, 3.8) is 0 Å². The first-order valence-electron chi connectivity index (χ1n) is 5.73. The molecule has 16 heavy (non-hydrogen) atoms. The van der Waals surface area contributed by atoms with Crippen LogP contribution in [-0.2, 0) is 6.42 Å². The molecule has 1 aliphatic heterocycles. The molecule has 0 aliphatic carbocycles. The second-order valence-corrected chi connectivity index (χ2v) is 4.43. The van der Waals surface area contributed by atoms with E-state index < -0.39 is 5.97 Å². The fourth-order valence-electron chi connectivity index (χ4n) is 2.03. The minimum atomic E-state index is -0.848. The summed E-state index contributed by atoms with van der Waals surface area (Å²) in [5.74, 6) is -0.848. The first kappa shape index (κ1) is 11.1. The maximum absolute atomic E-state index is 10.8. The van der Waals surface area contributed by atoms with Crippen molar-refractivity contribution in [3.05, 3.63) is 35.4 Å². The maximum atomic E-state index is 10.8. The Kier molecular flexibility index (Phi) is 3.25. The number of hydrogen-bond acceptors (Lipinski definition) is 2. The molecule has 0 aromatic heterocycles. The fraction of sp³-hybridized carbons (Fsp3) is 0.462. The van der Waals surface area contributed by atoms with E-state index >= 15 is 0 Å². The molecule has 1 aromatic rings. The summed E-state index contributed by atoms with van der Waals surface area (Å²) in [6.07, 6.45) is 2.22. The van der Waals surface area contributed by atoms with Gasteiger partial charge in [0.2, 0.25) is 0 Å². The third-order valence-electron chi connectivity index (χ3n) is 3.32. The number of carboxylic acid groups (broad SMARTS) is 1. The molecular formula is C13H17NO2. The molecule has 86 valence electrons. The van der Waals surface area contributed by atoms with Gasteiger partial charge in [-0.05, 0) is 44.0 Å². The standard InChI is InChI=1S/C13H17NO2/c1-10-5-7-14(10)8-6-11-3-2-4-12(9-11)13(15)16/h2-4,9-10H,5-8H2,1H3,(H,15,16). The van der Waals surface area contributed by atoms with Crippen molar-refractivity contribution in [1.82, 2.24) is 4.90 Å². The van der Waals surface area contributed by atoms with Gasteiger partial charge in [0.15, 0.2) is 0 Å². The molecule has 2 rings (SSSR count). The molecule has 1 aliphatic rings. The quantitative estimate of drug-likeness (QED) is 0.842. The first-order chi connectivity index (χ1) is 7.66. The Bertz CT molecular complexity index is 389. The Labute approximate surface area is 95.7 Å². The highest BCUT2D eigenvalue weighted by molar-refractivity contribution is 5.87. The summed E-state index contributed by atoms with van der Waals surface area (Å²) in [6.45, 7) is 4.45. The van der Waals surface area contributed by atoms with Crippen LogP contribution in [0.25, 0.3) is 0 Å². The minimum absolute atomic E-state index is 0.383. The number of rotatable bonds is 4. The Morgan fingerprint density at radius 1 is 1.56 bits per heavy atom. The third-order valence-corrected chi connectivity index (χ3v) is 3.32. The molecule has 1 aromatic carbocycles. The van der Waals surface area contributed by atoms with Crippen molar-refractivity contribution in [1.29, 1.82) is 0 Å². The Morgan fingerprint density at radius 2 is 2.38 bits per heavy atom. The molecule has 1 heterocycles. The van der Waals surface area contributed by atoms with Gasteiger partial charge < -0.3 is 10.0 Å². The van der Waals surface area contributed by atoms with Crippen molar-refractivity contribution in [2.75, 3.05) is 13.1 Å². The molecule has 1 saturated heterocycles. The second kappa shape index (κ2) is 4.66. The van der Waals surface area contributed by atoms with Crippen molar-refractivity contribution in [2.24, 2.45) is 0 Å². The summed E-state index contributed by atoms with van der Waals surface area (Å²) in [7, 11) is 0. The lowest BCUT2D eigenvalue weighted by atomic mass is 10.0. The molecule has 3 heteroatoms. The zero-order valence-corrected chi connectivity index (χ0v) is 9.52. The van der Waals surface area contributed by atoms with Crippen LogP contribution in [0.5, 0.6) is 0 Å². The second-order valence-electron chi connectivity index (χ2n) is 4.43. The summed E-state index contributed by atoms with van der Waals surface area (Å²) in [5.41, 5.74) is 1.49. The molecule has 3 nitrogen and oxygen atoms in total. The highest BCUT2D eigenvalue weighted by atomic mass is 16.4. The predicted molar refractivity (Wildman–Crippen MR) is 62.8 cm³/mol. The third kappa shape index (κ3) is 2.42. The van der Waals surface area contributed by atoms with Gasteiger partial charge >= 0.3 is 5.97 Å². The SMILES string of the molecule is CC1CCN1CCc1cccc(C(=O)O)c1. The van der Waals surface area contributed by atoms with Crippen LogP contribution in [-0.4, -0.2) is 35.1 Å². The van der Waals surface area contributed by atoms with Gasteiger partial charge in [-0.2, -0.15) is 0 Å². The normalized spacial score (nSPS) is 20.4. The van der Waals surface area contributed by atoms with Crippen molar-refractivity contribution < 1.29 is 9.90 Å². The van der Waals surface area contributed by atoms with Crippen molar-refractivity contribution in [3.8, 4) is 0 Å². The minimum Gasteiger partial charge on any atom is -0.478 e. The van der Waals surface area contributed by atoms with Crippen molar-refractivity contribution >= 4 is 5.97 Å². The first-order valence-corrected chi connectivity index (χ1v) is 5.73. The van der Waals surface area contributed by atoms with Gasteiger partial charge in [-0.15, -0.1) is 0 Å². The topological polar surface area (TPSA) is 40.5 Å². The number of likely N-dealkylation sites (tertiary alicyclic amines) is 1. The summed E-state index contributed by atoms with van der Waals surface area (Å²) < 4.78 is 0.